The minimum Gasteiger partial charge on any atom is -0.355 e. The van der Waals surface area contributed by atoms with Crippen LogP contribution in [0.5, 0.6) is 0 Å². The SMILES string of the molecule is CCC=CCC=CCC=CCCCCCCCC(=O)NCCNCCNCCN. The third-order valence-electron chi connectivity index (χ3n) is 4.48. The molecular weight excluding hydrogens is 360 g/mol. The second kappa shape index (κ2) is 24.6. The highest BCUT2D eigenvalue weighted by molar-refractivity contribution is 5.75. The van der Waals surface area contributed by atoms with Crippen LogP contribution in [0.1, 0.15) is 71.1 Å². The van der Waals surface area contributed by atoms with Crippen LogP contribution < -0.4 is 21.7 Å². The first-order chi connectivity index (χ1) is 14.3. The molecule has 0 spiro atoms. The average molecular weight is 407 g/mol. The molecule has 0 rings (SSSR count). The van der Waals surface area contributed by atoms with E-state index < -0.39 is 0 Å². The molecule has 0 heterocycles. The lowest BCUT2D eigenvalue weighted by atomic mass is 10.1. The normalized spacial score (nSPS) is 11.9. The number of hydrogen-bond donors (Lipinski definition) is 4. The fraction of sp³-hybridized carbons (Fsp3) is 0.708. The van der Waals surface area contributed by atoms with Gasteiger partial charge in [0, 0.05) is 45.7 Å². The first kappa shape index (κ1) is 27.6. The zero-order valence-electron chi connectivity index (χ0n) is 18.8. The number of amides is 1. The minimum absolute atomic E-state index is 0.175. The maximum atomic E-state index is 11.8. The standard InChI is InChI=1S/C24H46N4O/c1-2-3-4-5-6-7-8-9-10-11-12-13-14-15-16-17-24(29)28-23-22-27-21-20-26-19-18-25/h3-4,6-7,9-10,26-27H,2,5,8,11-23,25H2,1H3,(H,28,29). The summed E-state index contributed by atoms with van der Waals surface area (Å²) < 4.78 is 0. The molecular formula is C24H46N4O. The fourth-order valence-corrected chi connectivity index (χ4v) is 2.81. The molecule has 5 heteroatoms. The Kier molecular flexibility index (Phi) is 23.4. The van der Waals surface area contributed by atoms with Crippen LogP contribution in [-0.2, 0) is 4.79 Å². The zero-order valence-corrected chi connectivity index (χ0v) is 18.8. The molecule has 0 saturated carbocycles. The van der Waals surface area contributed by atoms with Gasteiger partial charge in [-0.1, -0.05) is 62.6 Å². The van der Waals surface area contributed by atoms with Crippen LogP contribution in [0.3, 0.4) is 0 Å². The number of hydrogen-bond acceptors (Lipinski definition) is 4. The molecule has 0 radical (unpaired) electrons. The lowest BCUT2D eigenvalue weighted by Crippen LogP contribution is -2.35. The molecule has 0 aromatic heterocycles. The summed E-state index contributed by atoms with van der Waals surface area (Å²) >= 11 is 0. The van der Waals surface area contributed by atoms with E-state index in [1.165, 1.54) is 25.7 Å². The molecule has 0 aliphatic rings. The summed E-state index contributed by atoms with van der Waals surface area (Å²) in [6.45, 7) is 7.01. The maximum absolute atomic E-state index is 11.8. The van der Waals surface area contributed by atoms with Crippen molar-refractivity contribution in [2.45, 2.75) is 71.1 Å². The van der Waals surface area contributed by atoms with Gasteiger partial charge in [0.15, 0.2) is 0 Å². The Bertz CT molecular complexity index is 433. The van der Waals surface area contributed by atoms with E-state index in [0.717, 1.165) is 58.3 Å². The number of rotatable bonds is 21. The molecule has 0 aromatic rings. The van der Waals surface area contributed by atoms with Gasteiger partial charge in [-0.2, -0.15) is 0 Å². The van der Waals surface area contributed by atoms with Crippen molar-refractivity contribution in [1.29, 1.82) is 0 Å². The smallest absolute Gasteiger partial charge is 0.220 e. The third kappa shape index (κ3) is 24.5. The zero-order chi connectivity index (χ0) is 21.3. The van der Waals surface area contributed by atoms with E-state index in [0.29, 0.717) is 19.5 Å². The predicted molar refractivity (Wildman–Crippen MR) is 127 cm³/mol. The molecule has 5 N–H and O–H groups in total. The van der Waals surface area contributed by atoms with Gasteiger partial charge in [0.05, 0.1) is 0 Å². The molecule has 1 amide bonds. The molecule has 0 aliphatic carbocycles. The number of nitrogens with two attached hydrogens (primary N) is 1. The van der Waals surface area contributed by atoms with Gasteiger partial charge in [0.2, 0.25) is 5.91 Å². The van der Waals surface area contributed by atoms with Gasteiger partial charge in [-0.3, -0.25) is 4.79 Å². The quantitative estimate of drug-likeness (QED) is 0.173. The van der Waals surface area contributed by atoms with Crippen molar-refractivity contribution in [3.05, 3.63) is 36.5 Å². The number of nitrogens with one attached hydrogen (secondary N) is 3. The third-order valence-corrected chi connectivity index (χ3v) is 4.48. The van der Waals surface area contributed by atoms with Crippen LogP contribution in [0, 0.1) is 0 Å². The van der Waals surface area contributed by atoms with E-state index in [9.17, 15) is 4.79 Å². The van der Waals surface area contributed by atoms with E-state index in [-0.39, 0.29) is 5.91 Å². The highest BCUT2D eigenvalue weighted by Gasteiger charge is 2.00. The Morgan fingerprint density at radius 1 is 0.724 bits per heavy atom. The molecule has 168 valence electrons. The Morgan fingerprint density at radius 3 is 2.03 bits per heavy atom. The van der Waals surface area contributed by atoms with Gasteiger partial charge in [0.25, 0.3) is 0 Å². The molecule has 0 saturated heterocycles. The molecule has 0 aromatic carbocycles. The summed E-state index contributed by atoms with van der Waals surface area (Å²) in [5.41, 5.74) is 5.40. The number of allylic oxidation sites excluding steroid dienone is 6. The second-order valence-electron chi connectivity index (χ2n) is 7.24. The molecule has 29 heavy (non-hydrogen) atoms. The molecule has 5 nitrogen and oxygen atoms in total. The monoisotopic (exact) mass is 406 g/mol. The Labute approximate surface area is 179 Å². The van der Waals surface area contributed by atoms with Crippen LogP contribution in [0.25, 0.3) is 0 Å². The summed E-state index contributed by atoms with van der Waals surface area (Å²) in [5.74, 6) is 0.175. The van der Waals surface area contributed by atoms with Gasteiger partial charge in [-0.25, -0.2) is 0 Å². The molecule has 0 fully saturated rings. The molecule has 0 bridgehead atoms. The minimum atomic E-state index is 0.175. The summed E-state index contributed by atoms with van der Waals surface area (Å²) in [5, 5.41) is 9.49. The van der Waals surface area contributed by atoms with Gasteiger partial charge in [-0.05, 0) is 38.5 Å². The largest absolute Gasteiger partial charge is 0.355 e. The van der Waals surface area contributed by atoms with Crippen LogP contribution in [0.2, 0.25) is 0 Å². The van der Waals surface area contributed by atoms with E-state index in [4.69, 9.17) is 5.73 Å². The van der Waals surface area contributed by atoms with Crippen molar-refractivity contribution < 1.29 is 4.79 Å². The van der Waals surface area contributed by atoms with Gasteiger partial charge in [-0.15, -0.1) is 0 Å². The number of unbranched alkanes of at least 4 members (excludes halogenated alkanes) is 5. The summed E-state index contributed by atoms with van der Waals surface area (Å²) in [7, 11) is 0. The summed E-state index contributed by atoms with van der Waals surface area (Å²) in [4.78, 5) is 11.8. The van der Waals surface area contributed by atoms with Crippen molar-refractivity contribution >= 4 is 5.91 Å². The van der Waals surface area contributed by atoms with Crippen LogP contribution >= 0.6 is 0 Å². The Hall–Kier alpha value is -1.43. The predicted octanol–water partition coefficient (Wildman–Crippen LogP) is 3.83. The first-order valence-corrected chi connectivity index (χ1v) is 11.6. The highest BCUT2D eigenvalue weighted by atomic mass is 16.1. The van der Waals surface area contributed by atoms with Crippen LogP contribution in [-0.4, -0.2) is 45.2 Å². The topological polar surface area (TPSA) is 79.2 Å². The van der Waals surface area contributed by atoms with Crippen molar-refractivity contribution in [2.24, 2.45) is 5.73 Å². The molecule has 0 atom stereocenters. The van der Waals surface area contributed by atoms with E-state index in [1.54, 1.807) is 0 Å². The van der Waals surface area contributed by atoms with Crippen molar-refractivity contribution in [3.8, 4) is 0 Å². The van der Waals surface area contributed by atoms with Crippen molar-refractivity contribution in [1.82, 2.24) is 16.0 Å². The maximum Gasteiger partial charge on any atom is 0.220 e. The second-order valence-corrected chi connectivity index (χ2v) is 7.24. The van der Waals surface area contributed by atoms with Crippen molar-refractivity contribution in [3.63, 3.8) is 0 Å². The van der Waals surface area contributed by atoms with Gasteiger partial charge in [0.1, 0.15) is 0 Å². The van der Waals surface area contributed by atoms with Gasteiger partial charge < -0.3 is 21.7 Å². The molecule has 0 aliphatic heterocycles. The Balaban J connectivity index is 3.28. The van der Waals surface area contributed by atoms with Crippen LogP contribution in [0.4, 0.5) is 0 Å². The highest BCUT2D eigenvalue weighted by Crippen LogP contribution is 2.08. The molecule has 0 unspecified atom stereocenters. The number of carbonyl (C=O) groups excluding carboxylic acids is 1. The van der Waals surface area contributed by atoms with Crippen LogP contribution in [0.15, 0.2) is 36.5 Å². The lowest BCUT2D eigenvalue weighted by molar-refractivity contribution is -0.121. The van der Waals surface area contributed by atoms with E-state index in [2.05, 4.69) is 59.3 Å². The lowest BCUT2D eigenvalue weighted by Gasteiger charge is -2.07. The summed E-state index contributed by atoms with van der Waals surface area (Å²) in [6, 6.07) is 0. The Morgan fingerprint density at radius 2 is 1.31 bits per heavy atom. The van der Waals surface area contributed by atoms with Gasteiger partial charge >= 0.3 is 0 Å². The fourth-order valence-electron chi connectivity index (χ4n) is 2.81. The van der Waals surface area contributed by atoms with E-state index >= 15 is 0 Å². The summed E-state index contributed by atoms with van der Waals surface area (Å²) in [6.07, 6.45) is 24.3. The van der Waals surface area contributed by atoms with Crippen molar-refractivity contribution in [2.75, 3.05) is 39.3 Å². The average Bonchev–Trinajstić information content (AvgIpc) is 2.72. The number of carbonyl (C=O) groups is 1. The first-order valence-electron chi connectivity index (χ1n) is 11.6. The van der Waals surface area contributed by atoms with E-state index in [1.807, 2.05) is 0 Å².